The molecule has 1 unspecified atom stereocenters. The van der Waals surface area contributed by atoms with Crippen molar-refractivity contribution in [2.24, 2.45) is 0 Å². The minimum Gasteiger partial charge on any atom is -0.311 e. The van der Waals surface area contributed by atoms with Gasteiger partial charge in [0.25, 0.3) is 0 Å². The number of aryl methyl sites for hydroxylation is 2. The molecule has 1 aliphatic carbocycles. The second kappa shape index (κ2) is 6.10. The van der Waals surface area contributed by atoms with E-state index in [0.717, 1.165) is 13.1 Å². The van der Waals surface area contributed by atoms with Crippen LogP contribution in [0.3, 0.4) is 0 Å². The van der Waals surface area contributed by atoms with Crippen LogP contribution in [0, 0.1) is 0 Å². The molecule has 1 heterocycles. The summed E-state index contributed by atoms with van der Waals surface area (Å²) in [5.74, 6) is 0. The maximum atomic E-state index is 3.69. The molecule has 2 heteroatoms. The molecule has 0 radical (unpaired) electrons. The van der Waals surface area contributed by atoms with Crippen LogP contribution in [0.5, 0.6) is 0 Å². The molecule has 0 bridgehead atoms. The predicted octanol–water partition coefficient (Wildman–Crippen LogP) is 3.53. The molecule has 1 aromatic carbocycles. The van der Waals surface area contributed by atoms with Gasteiger partial charge in [-0.05, 0) is 55.7 Å². The molecule has 0 aromatic heterocycles. The van der Waals surface area contributed by atoms with Crippen LogP contribution in [-0.4, -0.2) is 29.6 Å². The van der Waals surface area contributed by atoms with Gasteiger partial charge in [-0.25, -0.2) is 0 Å². The normalized spacial score (nSPS) is 25.0. The van der Waals surface area contributed by atoms with E-state index in [4.69, 9.17) is 0 Å². The van der Waals surface area contributed by atoms with Crippen molar-refractivity contribution in [3.05, 3.63) is 34.9 Å². The Hall–Kier alpha value is -0.860. The Bertz CT molecular complexity index is 490. The Balaban J connectivity index is 1.80. The summed E-state index contributed by atoms with van der Waals surface area (Å²) >= 11 is 0. The second-order valence-electron chi connectivity index (χ2n) is 7.05. The molecule has 1 aromatic rings. The number of hydrogen-bond donors (Lipinski definition) is 1. The van der Waals surface area contributed by atoms with Gasteiger partial charge in [0.2, 0.25) is 0 Å². The molecule has 2 aliphatic rings. The molecule has 21 heavy (non-hydrogen) atoms. The molecule has 0 saturated carbocycles. The highest BCUT2D eigenvalue weighted by atomic mass is 15.3. The molecular weight excluding hydrogens is 256 g/mol. The van der Waals surface area contributed by atoms with Crippen LogP contribution in [0.4, 0.5) is 0 Å². The summed E-state index contributed by atoms with van der Waals surface area (Å²) in [5.41, 5.74) is 5.04. The van der Waals surface area contributed by atoms with Gasteiger partial charge in [-0.3, -0.25) is 4.90 Å². The smallest absolute Gasteiger partial charge is 0.0333 e. The molecule has 0 spiro atoms. The Morgan fingerprint density at radius 3 is 2.71 bits per heavy atom. The predicted molar refractivity (Wildman–Crippen MR) is 89.7 cm³/mol. The largest absolute Gasteiger partial charge is 0.311 e. The first-order chi connectivity index (χ1) is 10.2. The first kappa shape index (κ1) is 15.1. The zero-order valence-corrected chi connectivity index (χ0v) is 13.9. The fraction of sp³-hybridized carbons (Fsp3) is 0.684. The number of nitrogens with one attached hydrogen (secondary N) is 1. The van der Waals surface area contributed by atoms with E-state index in [9.17, 15) is 0 Å². The first-order valence-electron chi connectivity index (χ1n) is 8.76. The van der Waals surface area contributed by atoms with E-state index in [2.05, 4.69) is 49.2 Å². The van der Waals surface area contributed by atoms with Crippen molar-refractivity contribution in [2.45, 2.75) is 71.0 Å². The standard InChI is InChI=1S/C19H30N2/c1-4-19(5-2)14-20-15(3)12-21(19)13-16-9-10-17-7-6-8-18(17)11-16/h9-11,15,20H,4-8,12-14H2,1-3H3. The van der Waals surface area contributed by atoms with Gasteiger partial charge in [0.15, 0.2) is 0 Å². The van der Waals surface area contributed by atoms with Crippen molar-refractivity contribution in [2.75, 3.05) is 13.1 Å². The van der Waals surface area contributed by atoms with Crippen molar-refractivity contribution in [3.8, 4) is 0 Å². The van der Waals surface area contributed by atoms with E-state index in [1.54, 1.807) is 11.1 Å². The average Bonchev–Trinajstić information content (AvgIpc) is 2.96. The third-order valence-electron chi connectivity index (χ3n) is 5.80. The van der Waals surface area contributed by atoms with Crippen LogP contribution in [0.15, 0.2) is 18.2 Å². The van der Waals surface area contributed by atoms with Gasteiger partial charge < -0.3 is 5.32 Å². The minimum absolute atomic E-state index is 0.339. The quantitative estimate of drug-likeness (QED) is 0.911. The minimum atomic E-state index is 0.339. The number of benzene rings is 1. The van der Waals surface area contributed by atoms with Gasteiger partial charge in [0, 0.05) is 31.2 Å². The maximum absolute atomic E-state index is 3.69. The fourth-order valence-electron chi connectivity index (χ4n) is 4.19. The van der Waals surface area contributed by atoms with Gasteiger partial charge in [-0.2, -0.15) is 0 Å². The zero-order chi connectivity index (χ0) is 14.9. The number of hydrogen-bond acceptors (Lipinski definition) is 2. The van der Waals surface area contributed by atoms with Gasteiger partial charge in [0.05, 0.1) is 0 Å². The van der Waals surface area contributed by atoms with Crippen molar-refractivity contribution in [1.29, 1.82) is 0 Å². The van der Waals surface area contributed by atoms with Crippen LogP contribution >= 0.6 is 0 Å². The van der Waals surface area contributed by atoms with Gasteiger partial charge in [-0.15, -0.1) is 0 Å². The summed E-state index contributed by atoms with van der Waals surface area (Å²) in [7, 11) is 0. The monoisotopic (exact) mass is 286 g/mol. The van der Waals surface area contributed by atoms with Gasteiger partial charge >= 0.3 is 0 Å². The van der Waals surface area contributed by atoms with Crippen molar-refractivity contribution in [1.82, 2.24) is 10.2 Å². The second-order valence-corrected chi connectivity index (χ2v) is 7.05. The number of fused-ring (bicyclic) bond motifs is 1. The maximum Gasteiger partial charge on any atom is 0.0333 e. The summed E-state index contributed by atoms with van der Waals surface area (Å²) in [6, 6.07) is 7.83. The highest BCUT2D eigenvalue weighted by Gasteiger charge is 2.37. The lowest BCUT2D eigenvalue weighted by molar-refractivity contribution is 0.0278. The van der Waals surface area contributed by atoms with E-state index in [0.29, 0.717) is 11.6 Å². The lowest BCUT2D eigenvalue weighted by atomic mass is 9.87. The van der Waals surface area contributed by atoms with E-state index in [1.165, 1.54) is 44.2 Å². The topological polar surface area (TPSA) is 15.3 Å². The Labute approximate surface area is 129 Å². The Morgan fingerprint density at radius 1 is 1.19 bits per heavy atom. The SMILES string of the molecule is CCC1(CC)CNC(C)CN1Cc1ccc2c(c1)CCC2. The third kappa shape index (κ3) is 2.89. The van der Waals surface area contributed by atoms with Crippen LogP contribution < -0.4 is 5.32 Å². The third-order valence-corrected chi connectivity index (χ3v) is 5.80. The Morgan fingerprint density at radius 2 is 1.95 bits per heavy atom. The van der Waals surface area contributed by atoms with Crippen molar-refractivity contribution in [3.63, 3.8) is 0 Å². The molecule has 1 fully saturated rings. The summed E-state index contributed by atoms with van der Waals surface area (Å²) in [5, 5.41) is 3.69. The lowest BCUT2D eigenvalue weighted by Gasteiger charge is -2.49. The summed E-state index contributed by atoms with van der Waals surface area (Å²) in [6.07, 6.45) is 6.38. The van der Waals surface area contributed by atoms with Crippen molar-refractivity contribution >= 4 is 0 Å². The van der Waals surface area contributed by atoms with Gasteiger partial charge in [0.1, 0.15) is 0 Å². The van der Waals surface area contributed by atoms with Crippen LogP contribution in [0.25, 0.3) is 0 Å². The highest BCUT2D eigenvalue weighted by molar-refractivity contribution is 5.35. The lowest BCUT2D eigenvalue weighted by Crippen LogP contribution is -2.63. The van der Waals surface area contributed by atoms with E-state index in [1.807, 2.05) is 0 Å². The fourth-order valence-corrected chi connectivity index (χ4v) is 4.19. The van der Waals surface area contributed by atoms with Crippen molar-refractivity contribution < 1.29 is 0 Å². The van der Waals surface area contributed by atoms with E-state index in [-0.39, 0.29) is 0 Å². The summed E-state index contributed by atoms with van der Waals surface area (Å²) in [6.45, 7) is 10.4. The number of nitrogens with zero attached hydrogens (tertiary/aromatic N) is 1. The first-order valence-corrected chi connectivity index (χ1v) is 8.76. The summed E-state index contributed by atoms with van der Waals surface area (Å²) < 4.78 is 0. The summed E-state index contributed by atoms with van der Waals surface area (Å²) in [4.78, 5) is 2.74. The molecule has 116 valence electrons. The highest BCUT2D eigenvalue weighted by Crippen LogP contribution is 2.30. The van der Waals surface area contributed by atoms with Gasteiger partial charge in [-0.1, -0.05) is 32.0 Å². The molecule has 1 N–H and O–H groups in total. The number of rotatable bonds is 4. The molecule has 3 rings (SSSR count). The van der Waals surface area contributed by atoms with E-state index >= 15 is 0 Å². The van der Waals surface area contributed by atoms with Crippen LogP contribution in [0.1, 0.15) is 56.7 Å². The average molecular weight is 286 g/mol. The molecule has 1 atom stereocenters. The molecule has 0 amide bonds. The Kier molecular flexibility index (Phi) is 4.37. The van der Waals surface area contributed by atoms with Crippen LogP contribution in [-0.2, 0) is 19.4 Å². The molecule has 1 aliphatic heterocycles. The number of piperazine rings is 1. The molecule has 2 nitrogen and oxygen atoms in total. The van der Waals surface area contributed by atoms with Crippen LogP contribution in [0.2, 0.25) is 0 Å². The molecule has 1 saturated heterocycles. The zero-order valence-electron chi connectivity index (χ0n) is 13.9. The molecular formula is C19H30N2. The van der Waals surface area contributed by atoms with E-state index < -0.39 is 0 Å².